The number of carboxylic acids is 1. The lowest BCUT2D eigenvalue weighted by atomic mass is 10.0. The molecule has 5 heteroatoms. The molecular formula is C20H13IN2O2. The van der Waals surface area contributed by atoms with Gasteiger partial charge in [0.1, 0.15) is 0 Å². The highest BCUT2D eigenvalue weighted by Crippen LogP contribution is 2.21. The zero-order valence-electron chi connectivity index (χ0n) is 13.1. The number of aromatic carboxylic acids is 1. The van der Waals surface area contributed by atoms with Crippen LogP contribution in [0.25, 0.3) is 17.3 Å². The van der Waals surface area contributed by atoms with Gasteiger partial charge in [0.25, 0.3) is 0 Å². The molecule has 0 aliphatic carbocycles. The van der Waals surface area contributed by atoms with Crippen molar-refractivity contribution < 1.29 is 9.90 Å². The summed E-state index contributed by atoms with van der Waals surface area (Å²) in [5.41, 5.74) is 3.24. The van der Waals surface area contributed by atoms with Crippen LogP contribution in [0.1, 0.15) is 21.6 Å². The van der Waals surface area contributed by atoms with Crippen LogP contribution in [-0.4, -0.2) is 15.6 Å². The molecule has 3 rings (SSSR count). The van der Waals surface area contributed by atoms with Crippen molar-refractivity contribution >= 4 is 40.2 Å². The maximum atomic E-state index is 10.9. The van der Waals surface area contributed by atoms with Crippen molar-refractivity contribution in [2.45, 2.75) is 0 Å². The molecule has 4 nitrogen and oxygen atoms in total. The van der Waals surface area contributed by atoms with Crippen LogP contribution in [-0.2, 0) is 0 Å². The number of allylic oxidation sites excluding steroid dienone is 1. The Hall–Kier alpha value is -2.85. The third-order valence-corrected chi connectivity index (χ3v) is 4.46. The molecule has 0 unspecified atom stereocenters. The molecule has 1 aromatic heterocycles. The van der Waals surface area contributed by atoms with Gasteiger partial charge in [-0.25, -0.2) is 4.79 Å². The molecule has 122 valence electrons. The number of hydrogen-bond acceptors (Lipinski definition) is 2. The van der Waals surface area contributed by atoms with Gasteiger partial charge in [-0.1, -0.05) is 12.1 Å². The molecule has 0 saturated carbocycles. The van der Waals surface area contributed by atoms with E-state index in [1.54, 1.807) is 18.2 Å². The minimum Gasteiger partial charge on any atom is -0.478 e. The Kier molecular flexibility index (Phi) is 5.00. The minimum atomic E-state index is -0.985. The van der Waals surface area contributed by atoms with Crippen LogP contribution in [0.15, 0.2) is 66.9 Å². The number of aromatic nitrogens is 1. The fourth-order valence-corrected chi connectivity index (χ4v) is 2.83. The Morgan fingerprint density at radius 2 is 1.68 bits per heavy atom. The Balaban J connectivity index is 1.99. The highest BCUT2D eigenvalue weighted by atomic mass is 127. The van der Waals surface area contributed by atoms with Crippen LogP contribution in [0.5, 0.6) is 0 Å². The van der Waals surface area contributed by atoms with Crippen molar-refractivity contribution in [2.75, 3.05) is 0 Å². The molecule has 0 saturated heterocycles. The number of carboxylic acid groups (broad SMARTS) is 1. The van der Waals surface area contributed by atoms with Gasteiger partial charge in [-0.3, -0.25) is 0 Å². The summed E-state index contributed by atoms with van der Waals surface area (Å²) in [6.07, 6.45) is 3.74. The maximum Gasteiger partial charge on any atom is 0.335 e. The number of benzene rings is 2. The second kappa shape index (κ2) is 7.36. The summed E-state index contributed by atoms with van der Waals surface area (Å²) in [5, 5.41) is 18.5. The van der Waals surface area contributed by atoms with Crippen molar-refractivity contribution in [3.8, 4) is 11.8 Å². The fourth-order valence-electron chi connectivity index (χ4n) is 2.47. The Morgan fingerprint density at radius 3 is 2.28 bits per heavy atom. The first-order valence-electron chi connectivity index (χ1n) is 7.47. The first kappa shape index (κ1) is 17.0. The van der Waals surface area contributed by atoms with Crippen LogP contribution in [0.2, 0.25) is 0 Å². The van der Waals surface area contributed by atoms with Crippen LogP contribution < -0.4 is 0 Å². The standard InChI is InChI=1S/C20H13IN2O2/c21-17-7-9-18(10-8-17)23-11-1-2-19(23)12-16(13-22)14-3-5-15(6-4-14)20(24)25/h1-12H,(H,24,25)/b16-12-. The number of carbonyl (C=O) groups is 1. The third kappa shape index (κ3) is 3.80. The molecule has 0 amide bonds. The van der Waals surface area contributed by atoms with Crippen LogP contribution >= 0.6 is 22.6 Å². The molecular weight excluding hydrogens is 427 g/mol. The van der Waals surface area contributed by atoms with E-state index in [1.807, 2.05) is 47.2 Å². The molecule has 25 heavy (non-hydrogen) atoms. The lowest BCUT2D eigenvalue weighted by Gasteiger charge is -2.08. The van der Waals surface area contributed by atoms with E-state index in [0.29, 0.717) is 11.1 Å². The molecule has 3 aromatic rings. The van der Waals surface area contributed by atoms with Gasteiger partial charge in [0.2, 0.25) is 0 Å². The van der Waals surface area contributed by atoms with Crippen LogP contribution in [0, 0.1) is 14.9 Å². The number of hydrogen-bond donors (Lipinski definition) is 1. The van der Waals surface area contributed by atoms with Gasteiger partial charge in [0, 0.05) is 21.1 Å². The molecule has 2 aromatic carbocycles. The zero-order valence-corrected chi connectivity index (χ0v) is 15.2. The summed E-state index contributed by atoms with van der Waals surface area (Å²) < 4.78 is 3.15. The summed E-state index contributed by atoms with van der Waals surface area (Å²) in [4.78, 5) is 10.9. The summed E-state index contributed by atoms with van der Waals surface area (Å²) in [6.45, 7) is 0. The Morgan fingerprint density at radius 1 is 1.04 bits per heavy atom. The lowest BCUT2D eigenvalue weighted by molar-refractivity contribution is 0.0697. The number of nitriles is 1. The van der Waals surface area contributed by atoms with Crippen molar-refractivity contribution in [3.05, 3.63) is 87.3 Å². The van der Waals surface area contributed by atoms with Crippen molar-refractivity contribution in [1.29, 1.82) is 5.26 Å². The average molecular weight is 440 g/mol. The molecule has 1 heterocycles. The Bertz CT molecular complexity index is 978. The summed E-state index contributed by atoms with van der Waals surface area (Å²) >= 11 is 2.26. The first-order chi connectivity index (χ1) is 12.1. The lowest BCUT2D eigenvalue weighted by Crippen LogP contribution is -1.96. The van der Waals surface area contributed by atoms with E-state index >= 15 is 0 Å². The smallest absolute Gasteiger partial charge is 0.335 e. The quantitative estimate of drug-likeness (QED) is 0.466. The number of nitrogens with zero attached hydrogens (tertiary/aromatic N) is 2. The first-order valence-corrected chi connectivity index (χ1v) is 8.55. The predicted molar refractivity (Wildman–Crippen MR) is 105 cm³/mol. The van der Waals surface area contributed by atoms with Crippen molar-refractivity contribution in [3.63, 3.8) is 0 Å². The zero-order chi connectivity index (χ0) is 17.8. The Labute approximate surface area is 158 Å². The molecule has 0 aliphatic rings. The van der Waals surface area contributed by atoms with E-state index in [9.17, 15) is 10.1 Å². The minimum absolute atomic E-state index is 0.198. The van der Waals surface area contributed by atoms with Gasteiger partial charge in [-0.15, -0.1) is 0 Å². The molecule has 1 N–H and O–H groups in total. The van der Waals surface area contributed by atoms with E-state index < -0.39 is 5.97 Å². The summed E-state index contributed by atoms with van der Waals surface area (Å²) in [6, 6.07) is 20.4. The van der Waals surface area contributed by atoms with Crippen molar-refractivity contribution in [1.82, 2.24) is 4.57 Å². The third-order valence-electron chi connectivity index (χ3n) is 3.74. The molecule has 0 bridgehead atoms. The highest BCUT2D eigenvalue weighted by Gasteiger charge is 2.07. The molecule has 0 aliphatic heterocycles. The fraction of sp³-hybridized carbons (Fsp3) is 0. The molecule has 0 spiro atoms. The largest absolute Gasteiger partial charge is 0.478 e. The second-order valence-electron chi connectivity index (χ2n) is 5.33. The van der Waals surface area contributed by atoms with Gasteiger partial charge < -0.3 is 9.67 Å². The normalized spacial score (nSPS) is 11.1. The van der Waals surface area contributed by atoms with Crippen molar-refractivity contribution in [2.24, 2.45) is 0 Å². The monoisotopic (exact) mass is 440 g/mol. The number of rotatable bonds is 4. The molecule has 0 atom stereocenters. The van der Waals surface area contributed by atoms with Gasteiger partial charge in [-0.05, 0) is 82.8 Å². The predicted octanol–water partition coefficient (Wildman–Crippen LogP) is 4.84. The SMILES string of the molecule is N#C/C(=C/c1cccn1-c1ccc(I)cc1)c1ccc(C(=O)O)cc1. The van der Waals surface area contributed by atoms with E-state index in [1.165, 1.54) is 12.1 Å². The highest BCUT2D eigenvalue weighted by molar-refractivity contribution is 14.1. The number of halogens is 1. The summed E-state index contributed by atoms with van der Waals surface area (Å²) in [7, 11) is 0. The summed E-state index contributed by atoms with van der Waals surface area (Å²) in [5.74, 6) is -0.985. The van der Waals surface area contributed by atoms with Gasteiger partial charge in [0.15, 0.2) is 0 Å². The second-order valence-corrected chi connectivity index (χ2v) is 6.58. The van der Waals surface area contributed by atoms with Gasteiger partial charge in [-0.2, -0.15) is 5.26 Å². The van der Waals surface area contributed by atoms with E-state index in [4.69, 9.17) is 5.11 Å². The van der Waals surface area contributed by atoms with Crippen LogP contribution in [0.3, 0.4) is 0 Å². The van der Waals surface area contributed by atoms with Crippen LogP contribution in [0.4, 0.5) is 0 Å². The molecule has 0 radical (unpaired) electrons. The van der Waals surface area contributed by atoms with E-state index in [-0.39, 0.29) is 5.56 Å². The molecule has 0 fully saturated rings. The maximum absolute atomic E-state index is 10.9. The van der Waals surface area contributed by atoms with E-state index in [0.717, 1.165) is 15.0 Å². The van der Waals surface area contributed by atoms with E-state index in [2.05, 4.69) is 28.7 Å². The van der Waals surface area contributed by atoms with Gasteiger partial charge in [0.05, 0.1) is 17.2 Å². The average Bonchev–Trinajstić information content (AvgIpc) is 3.08. The topological polar surface area (TPSA) is 66.0 Å². The van der Waals surface area contributed by atoms with Gasteiger partial charge >= 0.3 is 5.97 Å².